The van der Waals surface area contributed by atoms with Gasteiger partial charge in [0.05, 0.1) is 0 Å². The molecule has 2 fully saturated rings. The van der Waals surface area contributed by atoms with Gasteiger partial charge in [-0.05, 0) is 43.0 Å². The summed E-state index contributed by atoms with van der Waals surface area (Å²) < 4.78 is 0. The number of amides is 3. The zero-order valence-corrected chi connectivity index (χ0v) is 14.7. The van der Waals surface area contributed by atoms with E-state index in [1.165, 1.54) is 0 Å². The number of benzene rings is 1. The molecule has 7 heteroatoms. The minimum atomic E-state index is -0.566. The molecule has 7 nitrogen and oxygen atoms in total. The van der Waals surface area contributed by atoms with E-state index in [0.717, 1.165) is 43.6 Å². The minimum Gasteiger partial charge on any atom is -0.327 e. The van der Waals surface area contributed by atoms with Crippen molar-refractivity contribution >= 4 is 17.7 Å². The quantitative estimate of drug-likeness (QED) is 0.763. The number of likely N-dealkylation sites (tertiary alicyclic amines) is 1. The Morgan fingerprint density at radius 3 is 2.81 bits per heavy atom. The third-order valence-corrected chi connectivity index (χ3v) is 5.62. The molecule has 3 aliphatic rings. The molecule has 2 atom stereocenters. The molecule has 0 spiro atoms. The van der Waals surface area contributed by atoms with Gasteiger partial charge in [-0.25, -0.2) is 0 Å². The maximum absolute atomic E-state index is 12.8. The van der Waals surface area contributed by atoms with Crippen molar-refractivity contribution in [3.05, 3.63) is 34.9 Å². The smallest absolute Gasteiger partial charge is 0.255 e. The second-order valence-corrected chi connectivity index (χ2v) is 7.48. The fourth-order valence-electron chi connectivity index (χ4n) is 4.27. The summed E-state index contributed by atoms with van der Waals surface area (Å²) in [4.78, 5) is 40.4. The second-order valence-electron chi connectivity index (χ2n) is 7.48. The summed E-state index contributed by atoms with van der Waals surface area (Å²) in [7, 11) is 0. The molecule has 4 rings (SSSR count). The first kappa shape index (κ1) is 17.2. The fraction of sp³-hybridized carbons (Fsp3) is 0.526. The van der Waals surface area contributed by atoms with Crippen LogP contribution in [0.2, 0.25) is 0 Å². The van der Waals surface area contributed by atoms with Crippen molar-refractivity contribution in [1.82, 2.24) is 15.1 Å². The maximum atomic E-state index is 12.8. The summed E-state index contributed by atoms with van der Waals surface area (Å²) >= 11 is 0. The van der Waals surface area contributed by atoms with Crippen LogP contribution in [0.25, 0.3) is 0 Å². The summed E-state index contributed by atoms with van der Waals surface area (Å²) in [6, 6.07) is 5.44. The van der Waals surface area contributed by atoms with E-state index in [4.69, 9.17) is 5.73 Å². The number of nitrogens with zero attached hydrogens (tertiary/aromatic N) is 2. The van der Waals surface area contributed by atoms with Crippen LogP contribution in [0.5, 0.6) is 0 Å². The summed E-state index contributed by atoms with van der Waals surface area (Å²) in [6.45, 7) is 3.08. The van der Waals surface area contributed by atoms with Crippen molar-refractivity contribution in [3.8, 4) is 0 Å². The number of nitrogens with two attached hydrogens (primary N) is 1. The first-order valence-corrected chi connectivity index (χ1v) is 9.26. The molecule has 1 aromatic rings. The van der Waals surface area contributed by atoms with Gasteiger partial charge in [0, 0.05) is 37.7 Å². The SMILES string of the molecule is N[C@@H]1CCCN(Cc2cccc3c2CN(C2CCC(=O)NC2=O)C3=O)C1. The third-order valence-electron chi connectivity index (χ3n) is 5.62. The lowest BCUT2D eigenvalue weighted by Gasteiger charge is -2.31. The summed E-state index contributed by atoms with van der Waals surface area (Å²) in [5, 5.41) is 2.34. The maximum Gasteiger partial charge on any atom is 0.255 e. The normalized spacial score (nSPS) is 26.8. The number of fused-ring (bicyclic) bond motifs is 1. The van der Waals surface area contributed by atoms with E-state index in [9.17, 15) is 14.4 Å². The molecule has 138 valence electrons. The van der Waals surface area contributed by atoms with Crippen LogP contribution in [-0.2, 0) is 22.7 Å². The number of carbonyl (C=O) groups is 3. The Hall–Kier alpha value is -2.25. The average Bonchev–Trinajstić information content (AvgIpc) is 2.93. The van der Waals surface area contributed by atoms with Gasteiger partial charge in [-0.15, -0.1) is 0 Å². The number of piperidine rings is 2. The molecular weight excluding hydrogens is 332 g/mol. The molecule has 0 bridgehead atoms. The van der Waals surface area contributed by atoms with Crippen molar-refractivity contribution in [2.24, 2.45) is 5.73 Å². The van der Waals surface area contributed by atoms with E-state index in [0.29, 0.717) is 18.5 Å². The molecule has 3 amide bonds. The number of hydrogen-bond acceptors (Lipinski definition) is 5. The molecule has 3 N–H and O–H groups in total. The van der Waals surface area contributed by atoms with Gasteiger partial charge >= 0.3 is 0 Å². The van der Waals surface area contributed by atoms with Gasteiger partial charge in [0.2, 0.25) is 11.8 Å². The molecule has 3 aliphatic heterocycles. The third kappa shape index (κ3) is 3.12. The minimum absolute atomic E-state index is 0.119. The van der Waals surface area contributed by atoms with E-state index >= 15 is 0 Å². The number of carbonyl (C=O) groups excluding carboxylic acids is 3. The van der Waals surface area contributed by atoms with Gasteiger partial charge in [-0.3, -0.25) is 24.6 Å². The Morgan fingerprint density at radius 1 is 1.19 bits per heavy atom. The largest absolute Gasteiger partial charge is 0.327 e. The predicted molar refractivity (Wildman–Crippen MR) is 95.0 cm³/mol. The monoisotopic (exact) mass is 356 g/mol. The van der Waals surface area contributed by atoms with Crippen LogP contribution in [0.4, 0.5) is 0 Å². The Labute approximate surface area is 152 Å². The summed E-state index contributed by atoms with van der Waals surface area (Å²) in [5.74, 6) is -0.754. The van der Waals surface area contributed by atoms with E-state index < -0.39 is 6.04 Å². The van der Waals surface area contributed by atoms with Crippen LogP contribution in [0, 0.1) is 0 Å². The highest BCUT2D eigenvalue weighted by atomic mass is 16.2. The van der Waals surface area contributed by atoms with Crippen molar-refractivity contribution in [3.63, 3.8) is 0 Å². The van der Waals surface area contributed by atoms with Crippen molar-refractivity contribution < 1.29 is 14.4 Å². The van der Waals surface area contributed by atoms with Crippen LogP contribution in [0.1, 0.15) is 47.2 Å². The standard InChI is InChI=1S/C19H24N4O3/c20-13-4-2-8-22(10-13)9-12-3-1-5-14-15(12)11-23(19(14)26)16-6-7-17(24)21-18(16)25/h1,3,5,13,16H,2,4,6-11,20H2,(H,21,24,25)/t13-,16?/m1/s1. The van der Waals surface area contributed by atoms with E-state index in [1.54, 1.807) is 4.90 Å². The van der Waals surface area contributed by atoms with Crippen molar-refractivity contribution in [1.29, 1.82) is 0 Å². The predicted octanol–water partition coefficient (Wildman–Crippen LogP) is 0.371. The van der Waals surface area contributed by atoms with E-state index in [2.05, 4.69) is 16.3 Å². The fourth-order valence-corrected chi connectivity index (χ4v) is 4.27. The molecule has 1 aromatic carbocycles. The highest BCUT2D eigenvalue weighted by Crippen LogP contribution is 2.30. The van der Waals surface area contributed by atoms with Gasteiger partial charge in [-0.2, -0.15) is 0 Å². The van der Waals surface area contributed by atoms with Crippen LogP contribution in [0.3, 0.4) is 0 Å². The van der Waals surface area contributed by atoms with Crippen molar-refractivity contribution in [2.45, 2.75) is 50.9 Å². The number of rotatable bonds is 3. The molecule has 0 saturated carbocycles. The lowest BCUT2D eigenvalue weighted by atomic mass is 10.0. The zero-order valence-electron chi connectivity index (χ0n) is 14.7. The van der Waals surface area contributed by atoms with Gasteiger partial charge in [0.1, 0.15) is 6.04 Å². The zero-order chi connectivity index (χ0) is 18.3. The van der Waals surface area contributed by atoms with Crippen LogP contribution >= 0.6 is 0 Å². The lowest BCUT2D eigenvalue weighted by Crippen LogP contribution is -2.52. The molecule has 1 unspecified atom stereocenters. The summed E-state index contributed by atoms with van der Waals surface area (Å²) in [6.07, 6.45) is 2.82. The molecule has 2 saturated heterocycles. The van der Waals surface area contributed by atoms with Crippen LogP contribution in [0.15, 0.2) is 18.2 Å². The first-order valence-electron chi connectivity index (χ1n) is 9.26. The Morgan fingerprint density at radius 2 is 2.04 bits per heavy atom. The van der Waals surface area contributed by atoms with Gasteiger partial charge in [-0.1, -0.05) is 12.1 Å². The van der Waals surface area contributed by atoms with Crippen molar-refractivity contribution in [2.75, 3.05) is 13.1 Å². The van der Waals surface area contributed by atoms with Crippen LogP contribution in [-0.4, -0.2) is 52.7 Å². The Balaban J connectivity index is 1.54. The highest BCUT2D eigenvalue weighted by molar-refractivity contribution is 6.05. The molecular formula is C19H24N4O3. The lowest BCUT2D eigenvalue weighted by molar-refractivity contribution is -0.136. The Bertz CT molecular complexity index is 763. The van der Waals surface area contributed by atoms with Crippen LogP contribution < -0.4 is 11.1 Å². The molecule has 3 heterocycles. The number of hydrogen-bond donors (Lipinski definition) is 2. The molecule has 0 radical (unpaired) electrons. The van der Waals surface area contributed by atoms with Gasteiger partial charge < -0.3 is 10.6 Å². The van der Waals surface area contributed by atoms with Gasteiger partial charge in [0.15, 0.2) is 0 Å². The highest BCUT2D eigenvalue weighted by Gasteiger charge is 2.39. The summed E-state index contributed by atoms with van der Waals surface area (Å²) in [5.41, 5.74) is 8.88. The average molecular weight is 356 g/mol. The molecule has 0 aliphatic carbocycles. The van der Waals surface area contributed by atoms with E-state index in [-0.39, 0.29) is 30.2 Å². The molecule has 0 aromatic heterocycles. The number of nitrogens with one attached hydrogen (secondary N) is 1. The van der Waals surface area contributed by atoms with Gasteiger partial charge in [0.25, 0.3) is 5.91 Å². The molecule has 26 heavy (non-hydrogen) atoms. The topological polar surface area (TPSA) is 95.7 Å². The first-order chi connectivity index (χ1) is 12.5. The van der Waals surface area contributed by atoms with E-state index in [1.807, 2.05) is 12.1 Å². The number of imide groups is 1. The second kappa shape index (κ2) is 6.81. The Kier molecular flexibility index (Phi) is 4.50.